The van der Waals surface area contributed by atoms with Gasteiger partial charge in [-0.25, -0.2) is 9.59 Å². The Morgan fingerprint density at radius 3 is 2.32 bits per heavy atom. The molecule has 0 bridgehead atoms. The fourth-order valence-electron chi connectivity index (χ4n) is 10.5. The standard InChI is InChI=1S/C57H70N4O16/c1-4-28-74-57-52(60(24-29-71-30-27-64)56(66)73-32-31-72-37-39-12-6-5-7-13-39)36-49(59-75-38-40-16-18-42(19-17-40)61(67)68)46-33-41(14-8-10-25-62)45(15-9-11-26-63)53(54(46)57)47-34-44(21-23-50(47)77-57)76-55(65)58-48-22-20-43(69-2)35-51(48)70-3/h4-7,12-13,16-23,33-35,41,45,52-54,62-64H,1,8-11,14-15,24-32,36-38H2,2-3H3,(H,58,65). The lowest BCUT2D eigenvalue weighted by molar-refractivity contribution is -0.384. The molecular formula is C57H70N4O16. The minimum atomic E-state index is -1.69. The molecule has 6 unspecified atom stereocenters. The van der Waals surface area contributed by atoms with Crippen molar-refractivity contribution in [3.05, 3.63) is 142 Å². The quantitative estimate of drug-likeness (QED) is 0.0165. The predicted molar refractivity (Wildman–Crippen MR) is 284 cm³/mol. The van der Waals surface area contributed by atoms with E-state index in [1.807, 2.05) is 30.3 Å². The van der Waals surface area contributed by atoms with Crippen LogP contribution in [0.4, 0.5) is 21.0 Å². The van der Waals surface area contributed by atoms with Gasteiger partial charge in [0.25, 0.3) is 5.69 Å². The Balaban J connectivity index is 1.35. The Hall–Kier alpha value is -7.07. The summed E-state index contributed by atoms with van der Waals surface area (Å²) in [4.78, 5) is 47.2. The summed E-state index contributed by atoms with van der Waals surface area (Å²) in [6.07, 6.45) is 6.00. The third-order valence-electron chi connectivity index (χ3n) is 13.9. The molecule has 6 atom stereocenters. The van der Waals surface area contributed by atoms with Gasteiger partial charge in [0.1, 0.15) is 42.3 Å². The van der Waals surface area contributed by atoms with E-state index in [0.29, 0.717) is 84.9 Å². The van der Waals surface area contributed by atoms with Crippen LogP contribution in [0.1, 0.15) is 67.6 Å². The first-order chi connectivity index (χ1) is 37.6. The zero-order valence-corrected chi connectivity index (χ0v) is 43.6. The highest BCUT2D eigenvalue weighted by Crippen LogP contribution is 2.62. The third kappa shape index (κ3) is 14.7. The van der Waals surface area contributed by atoms with Crippen molar-refractivity contribution < 1.29 is 72.6 Å². The molecule has 4 aromatic carbocycles. The van der Waals surface area contributed by atoms with Crippen LogP contribution in [0.5, 0.6) is 23.0 Å². The summed E-state index contributed by atoms with van der Waals surface area (Å²) in [7, 11) is 3.00. The first-order valence-corrected chi connectivity index (χ1v) is 26.0. The lowest BCUT2D eigenvalue weighted by Crippen LogP contribution is -2.70. The fourth-order valence-corrected chi connectivity index (χ4v) is 10.5. The van der Waals surface area contributed by atoms with E-state index < -0.39 is 40.8 Å². The van der Waals surface area contributed by atoms with Crippen molar-refractivity contribution in [2.45, 2.75) is 75.9 Å². The van der Waals surface area contributed by atoms with Crippen molar-refractivity contribution >= 4 is 29.3 Å². The van der Waals surface area contributed by atoms with Crippen LogP contribution >= 0.6 is 0 Å². The number of carbonyl (C=O) groups is 2. The maximum Gasteiger partial charge on any atom is 0.417 e. The molecule has 4 N–H and O–H groups in total. The maximum absolute atomic E-state index is 14.9. The number of aliphatic hydroxyl groups is 3. The van der Waals surface area contributed by atoms with Gasteiger partial charge in [0, 0.05) is 55.9 Å². The molecule has 20 nitrogen and oxygen atoms in total. The summed E-state index contributed by atoms with van der Waals surface area (Å²) in [5.41, 5.74) is 3.73. The minimum absolute atomic E-state index is 0.00282. The highest BCUT2D eigenvalue weighted by molar-refractivity contribution is 6.03. The lowest BCUT2D eigenvalue weighted by Gasteiger charge is -2.59. The van der Waals surface area contributed by atoms with Crippen molar-refractivity contribution in [1.82, 2.24) is 4.90 Å². The number of anilines is 1. The highest BCUT2D eigenvalue weighted by atomic mass is 16.7. The number of unbranched alkanes of at least 4 members (excludes halogenated alkanes) is 2. The Morgan fingerprint density at radius 1 is 0.857 bits per heavy atom. The summed E-state index contributed by atoms with van der Waals surface area (Å²) in [5, 5.41) is 48.9. The maximum atomic E-state index is 14.9. The van der Waals surface area contributed by atoms with Crippen LogP contribution in [0.3, 0.4) is 0 Å². The second kappa shape index (κ2) is 28.9. The van der Waals surface area contributed by atoms with Crippen molar-refractivity contribution in [1.29, 1.82) is 0 Å². The first-order valence-electron chi connectivity index (χ1n) is 26.0. The fraction of sp³-hybridized carbons (Fsp3) is 0.456. The van der Waals surface area contributed by atoms with Crippen molar-refractivity contribution in [3.63, 3.8) is 0 Å². The van der Waals surface area contributed by atoms with Crippen LogP contribution in [0.2, 0.25) is 0 Å². The predicted octanol–water partition coefficient (Wildman–Crippen LogP) is 8.72. The van der Waals surface area contributed by atoms with E-state index in [1.54, 1.807) is 54.6 Å². The summed E-state index contributed by atoms with van der Waals surface area (Å²) in [6, 6.07) is 24.6. The molecule has 1 aliphatic heterocycles. The number of methoxy groups -OCH3 is 2. The van der Waals surface area contributed by atoms with Gasteiger partial charge in [0.15, 0.2) is 0 Å². The van der Waals surface area contributed by atoms with Crippen LogP contribution < -0.4 is 24.3 Å². The van der Waals surface area contributed by atoms with Crippen LogP contribution in [0.15, 0.2) is 120 Å². The third-order valence-corrected chi connectivity index (χ3v) is 13.9. The van der Waals surface area contributed by atoms with Gasteiger partial charge in [-0.1, -0.05) is 60.5 Å². The van der Waals surface area contributed by atoms with E-state index in [2.05, 4.69) is 18.0 Å². The number of benzene rings is 4. The Morgan fingerprint density at radius 2 is 1.61 bits per heavy atom. The lowest BCUT2D eigenvalue weighted by atomic mass is 9.55. The molecule has 1 heterocycles. The molecule has 4 aromatic rings. The summed E-state index contributed by atoms with van der Waals surface area (Å²) >= 11 is 0. The number of hydrogen-bond acceptors (Lipinski definition) is 17. The van der Waals surface area contributed by atoms with Gasteiger partial charge in [0.2, 0.25) is 5.79 Å². The van der Waals surface area contributed by atoms with E-state index >= 15 is 0 Å². The van der Waals surface area contributed by atoms with Gasteiger partial charge >= 0.3 is 12.2 Å². The molecule has 2 amide bonds. The van der Waals surface area contributed by atoms with Gasteiger partial charge in [-0.15, -0.1) is 6.58 Å². The van der Waals surface area contributed by atoms with Gasteiger partial charge in [-0.3, -0.25) is 20.3 Å². The van der Waals surface area contributed by atoms with Crippen molar-refractivity contribution in [2.75, 3.05) is 78.9 Å². The van der Waals surface area contributed by atoms with Gasteiger partial charge in [0.05, 0.1) is 76.1 Å². The summed E-state index contributed by atoms with van der Waals surface area (Å²) in [5.74, 6) is -1.75. The molecular weight excluding hydrogens is 997 g/mol. The molecule has 0 aromatic heterocycles. The second-order valence-electron chi connectivity index (χ2n) is 18.7. The number of fused-ring (bicyclic) bond motifs is 2. The first kappa shape index (κ1) is 57.6. The number of nitrogens with one attached hydrogen (secondary N) is 1. The van der Waals surface area contributed by atoms with Crippen LogP contribution in [0.25, 0.3) is 0 Å². The normalized spacial score (nSPS) is 20.6. The SMILES string of the molecule is C=CCOC12Oc3ccc(OC(=O)Nc4ccc(OC)cc4OC)cc3C3C(CCCCO)C(CCCCO)C=C(C(=NOCc4ccc([N+](=O)[O-])cc4)CC1N(CCOCCO)C(=O)OCCOCc1ccccc1)C32. The summed E-state index contributed by atoms with van der Waals surface area (Å²) < 4.78 is 48.9. The number of aliphatic hydroxyl groups excluding tert-OH is 3. The van der Waals surface area contributed by atoms with Crippen LogP contribution in [-0.4, -0.2) is 128 Å². The average Bonchev–Trinajstić information content (AvgIpc) is 3.58. The van der Waals surface area contributed by atoms with Crippen molar-refractivity contribution in [2.24, 2.45) is 22.9 Å². The molecule has 0 saturated heterocycles. The molecule has 2 aliphatic carbocycles. The van der Waals surface area contributed by atoms with E-state index in [-0.39, 0.29) is 95.7 Å². The largest absolute Gasteiger partial charge is 0.497 e. The molecule has 0 spiro atoms. The number of oxime groups is 1. The highest BCUT2D eigenvalue weighted by Gasteiger charge is 2.65. The molecule has 77 heavy (non-hydrogen) atoms. The Labute approximate surface area is 448 Å². The van der Waals surface area contributed by atoms with E-state index in [0.717, 1.165) is 11.1 Å². The van der Waals surface area contributed by atoms with Gasteiger partial charge < -0.3 is 58.1 Å². The average molecular weight is 1070 g/mol. The Bertz CT molecular complexity index is 2630. The minimum Gasteiger partial charge on any atom is -0.497 e. The molecule has 20 heteroatoms. The van der Waals surface area contributed by atoms with Gasteiger partial charge in [-0.2, -0.15) is 0 Å². The second-order valence-corrected chi connectivity index (χ2v) is 18.7. The number of rotatable bonds is 30. The number of allylic oxidation sites excluding steroid dienone is 1. The molecule has 3 aliphatic rings. The van der Waals surface area contributed by atoms with E-state index in [1.165, 1.54) is 31.3 Å². The number of nitro groups is 1. The Kier molecular flexibility index (Phi) is 21.6. The smallest absolute Gasteiger partial charge is 0.417 e. The number of nitro benzene ring substituents is 1. The number of hydrogen-bond donors (Lipinski definition) is 4. The zero-order valence-electron chi connectivity index (χ0n) is 43.6. The number of non-ortho nitro benzene ring substituents is 1. The molecule has 0 radical (unpaired) electrons. The summed E-state index contributed by atoms with van der Waals surface area (Å²) in [6.45, 7) is 3.92. The monoisotopic (exact) mass is 1070 g/mol. The zero-order chi connectivity index (χ0) is 54.6. The van der Waals surface area contributed by atoms with Crippen molar-refractivity contribution in [3.8, 4) is 23.0 Å². The van der Waals surface area contributed by atoms with E-state index in [4.69, 9.17) is 47.9 Å². The molecule has 1 fully saturated rings. The number of ether oxygens (including phenoxy) is 8. The number of carbonyl (C=O) groups excluding carboxylic acids is 2. The van der Waals surface area contributed by atoms with Crippen LogP contribution in [0, 0.1) is 27.9 Å². The van der Waals surface area contributed by atoms with E-state index in [9.17, 15) is 35.0 Å². The molecule has 1 saturated carbocycles. The topological polar surface area (TPSA) is 249 Å². The molecule has 414 valence electrons. The van der Waals surface area contributed by atoms with Crippen LogP contribution in [-0.2, 0) is 37.0 Å². The number of amides is 2. The number of nitrogens with zero attached hydrogens (tertiary/aromatic N) is 3. The molecule has 7 rings (SSSR count). The van der Waals surface area contributed by atoms with Gasteiger partial charge in [-0.05, 0) is 96.7 Å².